The van der Waals surface area contributed by atoms with Crippen LogP contribution in [0.3, 0.4) is 0 Å². The number of fused-ring (bicyclic) bond motifs is 62. The summed E-state index contributed by atoms with van der Waals surface area (Å²) in [5.41, 5.74) is 60.9. The number of imidazole rings is 4. The molecule has 16 nitrogen and oxygen atoms in total. The van der Waals surface area contributed by atoms with Gasteiger partial charge in [-0.1, -0.05) is 176 Å². The van der Waals surface area contributed by atoms with Crippen LogP contribution in [0, 0.1) is 0 Å². The van der Waals surface area contributed by atoms with Crippen molar-refractivity contribution in [2.24, 2.45) is 0 Å². The summed E-state index contributed by atoms with van der Waals surface area (Å²) >= 11 is 0. The number of aromatic nitrogens is 16. The first-order chi connectivity index (χ1) is 69.4. The van der Waals surface area contributed by atoms with E-state index >= 15 is 0 Å². The van der Waals surface area contributed by atoms with Crippen LogP contribution >= 0.6 is 0 Å². The van der Waals surface area contributed by atoms with E-state index in [1.807, 2.05) is 99.1 Å². The van der Waals surface area contributed by atoms with Crippen molar-refractivity contribution in [2.75, 3.05) is 0 Å². The summed E-state index contributed by atoms with van der Waals surface area (Å²) in [5.74, 6) is 0. The van der Waals surface area contributed by atoms with Crippen molar-refractivity contribution >= 4 is 153 Å². The van der Waals surface area contributed by atoms with Gasteiger partial charge in [0.05, 0.1) is 93.7 Å². The van der Waals surface area contributed by atoms with Crippen LogP contribution in [-0.2, 0) is 51.4 Å². The molecule has 0 aliphatic heterocycles. The van der Waals surface area contributed by atoms with Gasteiger partial charge in [0.25, 0.3) is 0 Å². The average molecular weight is 1790 g/mol. The van der Waals surface area contributed by atoms with E-state index in [9.17, 15) is 0 Å². The molecule has 0 atom stereocenters. The van der Waals surface area contributed by atoms with E-state index in [0.717, 1.165) is 140 Å². The number of nitrogens with zero attached hydrogens (tertiary/aromatic N) is 16. The van der Waals surface area contributed by atoms with Gasteiger partial charge in [-0.15, -0.1) is 0 Å². The molecule has 16 heteroatoms. The molecule has 140 heavy (non-hydrogen) atoms. The standard InChI is InChI=1S/4C31H18N4/c1-2-4-20-17(3-1)13-18-5-8-23-24(28(18)20)14-19-6-7-22-21-9-11-33-16-27(21)35-26-10-12-32-15-25(26)34-31(35)30(22)29(19)23;1-2-4-21-17(3-1)11-19-14-25-20(13-24(19)21)12-18-5-6-23-22-7-9-33-16-28(22)35-27-8-10-32-15-26(27)34-31(35)30(23)29(18)25;1-2-4-21-17(3-1)11-19-13-20-12-18-5-6-23-22-7-9-33-16-28(22)35-27-8-10-32-15-26(27)34-31(35)30(23)29(18)25(20)14-24(19)21;1-2-4-19-17(3-1)13-24-20(19)7-8-23-25(24)14-18-5-6-22-21-9-11-33-16-28(21)35-27-10-12-32-15-26(27)34-31(35)30(22)29(18)23/h1-12,15-16H,13-14H2;2*1-10,13-16H,11-12H2;1-12,15-16H,13-14H2. The van der Waals surface area contributed by atoms with Crippen molar-refractivity contribution in [3.8, 4) is 89.0 Å². The zero-order valence-electron chi connectivity index (χ0n) is 75.1. The Morgan fingerprint density at radius 2 is 0.443 bits per heavy atom. The lowest BCUT2D eigenvalue weighted by molar-refractivity contribution is 1.16. The Morgan fingerprint density at radius 1 is 0.164 bits per heavy atom. The molecular formula is C124H72N16. The van der Waals surface area contributed by atoms with Crippen molar-refractivity contribution in [1.29, 1.82) is 0 Å². The Labute approximate surface area is 796 Å². The lowest BCUT2D eigenvalue weighted by Gasteiger charge is -2.13. The van der Waals surface area contributed by atoms with Crippen LogP contribution in [-0.4, -0.2) is 77.4 Å². The van der Waals surface area contributed by atoms with Gasteiger partial charge in [-0.05, 0) is 318 Å². The van der Waals surface area contributed by atoms with Gasteiger partial charge in [0.2, 0.25) is 0 Å². The fourth-order valence-electron chi connectivity index (χ4n) is 26.2. The Balaban J connectivity index is 0.0000000829. The number of pyridine rings is 12. The molecule has 8 aliphatic rings. The molecule has 16 aromatic heterocycles. The molecule has 0 bridgehead atoms. The molecule has 0 unspecified atom stereocenters. The monoisotopic (exact) mass is 1780 g/mol. The van der Waals surface area contributed by atoms with E-state index < -0.39 is 0 Å². The van der Waals surface area contributed by atoms with E-state index in [0.29, 0.717) is 0 Å². The zero-order valence-corrected chi connectivity index (χ0v) is 75.1. The molecule has 0 saturated carbocycles. The van der Waals surface area contributed by atoms with Crippen LogP contribution in [0.15, 0.2) is 342 Å². The molecule has 0 fully saturated rings. The summed E-state index contributed by atoms with van der Waals surface area (Å²) in [6.07, 6.45) is 38.1. The predicted octanol–water partition coefficient (Wildman–Crippen LogP) is 26.9. The molecule has 0 saturated heterocycles. The maximum Gasteiger partial charge on any atom is 0.147 e. The fraction of sp³-hybridized carbons (Fsp3) is 0.0645. The third kappa shape index (κ3) is 10.2. The second-order valence-electron chi connectivity index (χ2n) is 38.8. The maximum absolute atomic E-state index is 5.13. The Bertz CT molecular complexity index is 10300. The van der Waals surface area contributed by atoms with Gasteiger partial charge in [-0.2, -0.15) is 0 Å². The van der Waals surface area contributed by atoms with E-state index in [-0.39, 0.29) is 0 Å². The molecule has 0 radical (unpaired) electrons. The minimum absolute atomic E-state index is 0.906. The maximum atomic E-state index is 5.13. The van der Waals surface area contributed by atoms with Crippen molar-refractivity contribution in [1.82, 2.24) is 77.4 Å². The third-order valence-corrected chi connectivity index (χ3v) is 32.0. The number of hydrogen-bond donors (Lipinski definition) is 0. The highest BCUT2D eigenvalue weighted by molar-refractivity contribution is 6.25. The molecule has 36 rings (SSSR count). The van der Waals surface area contributed by atoms with Crippen molar-refractivity contribution in [3.63, 3.8) is 0 Å². The van der Waals surface area contributed by atoms with Gasteiger partial charge in [0.15, 0.2) is 0 Å². The number of benzene rings is 12. The van der Waals surface area contributed by atoms with Gasteiger partial charge in [0, 0.05) is 92.7 Å². The molecule has 0 N–H and O–H groups in total. The van der Waals surface area contributed by atoms with E-state index in [1.165, 1.54) is 243 Å². The highest BCUT2D eigenvalue weighted by Crippen LogP contribution is 2.57. The Kier molecular flexibility index (Phi) is 14.9. The Morgan fingerprint density at radius 3 is 0.900 bits per heavy atom. The molecule has 12 aromatic carbocycles. The van der Waals surface area contributed by atoms with Crippen LogP contribution in [0.25, 0.3) is 242 Å². The zero-order chi connectivity index (χ0) is 90.7. The molecule has 0 spiro atoms. The van der Waals surface area contributed by atoms with Crippen molar-refractivity contribution in [3.05, 3.63) is 431 Å². The van der Waals surface area contributed by atoms with E-state index in [2.05, 4.69) is 300 Å². The van der Waals surface area contributed by atoms with Crippen LogP contribution in [0.2, 0.25) is 0 Å². The van der Waals surface area contributed by atoms with Crippen LogP contribution in [0.1, 0.15) is 89.0 Å². The summed E-state index contributed by atoms with van der Waals surface area (Å²) in [6.45, 7) is 0. The minimum Gasteiger partial charge on any atom is -0.290 e. The van der Waals surface area contributed by atoms with Crippen LogP contribution in [0.5, 0.6) is 0 Å². The minimum atomic E-state index is 0.906. The molecule has 28 aromatic rings. The molecule has 0 amide bonds. The summed E-state index contributed by atoms with van der Waals surface area (Å²) < 4.78 is 9.07. The smallest absolute Gasteiger partial charge is 0.147 e. The van der Waals surface area contributed by atoms with Gasteiger partial charge in [0.1, 0.15) is 44.7 Å². The second kappa shape index (κ2) is 27.7. The second-order valence-corrected chi connectivity index (χ2v) is 38.8. The molecule has 648 valence electrons. The first kappa shape index (κ1) is 75.1. The van der Waals surface area contributed by atoms with Crippen molar-refractivity contribution < 1.29 is 0 Å². The summed E-state index contributed by atoms with van der Waals surface area (Å²) in [4.78, 5) is 55.7. The molecule has 8 aliphatic carbocycles. The van der Waals surface area contributed by atoms with Gasteiger partial charge in [-0.3, -0.25) is 57.5 Å². The quantitative estimate of drug-likeness (QED) is 0.132. The average Bonchev–Trinajstić information content (AvgIpc) is 1.55. The largest absolute Gasteiger partial charge is 0.290 e. The topological polar surface area (TPSA) is 172 Å². The summed E-state index contributed by atoms with van der Waals surface area (Å²) in [6, 6.07) is 89.7. The van der Waals surface area contributed by atoms with E-state index in [1.54, 1.807) is 0 Å². The first-order valence-electron chi connectivity index (χ1n) is 48.1. The summed E-state index contributed by atoms with van der Waals surface area (Å²) in [7, 11) is 0. The molecule has 16 heterocycles. The van der Waals surface area contributed by atoms with Gasteiger partial charge in [-0.25, -0.2) is 19.9 Å². The Hall–Kier alpha value is -18.3. The number of rotatable bonds is 0. The lowest BCUT2D eigenvalue weighted by atomic mass is 9.93. The molecular weight excluding hydrogens is 1710 g/mol. The van der Waals surface area contributed by atoms with Gasteiger partial charge < -0.3 is 0 Å². The third-order valence-electron chi connectivity index (χ3n) is 32.0. The van der Waals surface area contributed by atoms with Crippen LogP contribution in [0.4, 0.5) is 0 Å². The van der Waals surface area contributed by atoms with Crippen LogP contribution < -0.4 is 0 Å². The highest BCUT2D eigenvalue weighted by Gasteiger charge is 2.37. The highest BCUT2D eigenvalue weighted by atomic mass is 15.1. The first-order valence-corrected chi connectivity index (χ1v) is 48.1. The normalized spacial score (nSPS) is 13.5. The number of hydrogen-bond acceptors (Lipinski definition) is 12. The SMILES string of the molecule is c1ccc2c(c1)Cc1c-2ccc2c1Cc1ccc3c4ccncc4n4c5ccncc5nc4c3c1-2.c1ccc2c(c1)Cc1cc3c(cc1-2)-c1c(ccc2c4ccncc4n4c5ccncc5nc4c12)C3.c1ccc2c(c1)Cc1cc3c(cc1-2)Cc1ccc2c4ccncc4n4c5ccncc5nc4c2c1-3.c1ccc2c(c1)Cc1ccc3c(c1-2)Cc1ccc2c4ccncc4n4c5ccncc5nc4c2c1-3. The van der Waals surface area contributed by atoms with Gasteiger partial charge >= 0.3 is 0 Å². The summed E-state index contributed by atoms with van der Waals surface area (Å²) in [5, 5.41) is 14.6. The van der Waals surface area contributed by atoms with Crippen molar-refractivity contribution in [2.45, 2.75) is 51.4 Å². The van der Waals surface area contributed by atoms with E-state index in [4.69, 9.17) is 19.9 Å². The fourth-order valence-corrected chi connectivity index (χ4v) is 26.2. The predicted molar refractivity (Wildman–Crippen MR) is 559 cm³/mol. The lowest BCUT2D eigenvalue weighted by Crippen LogP contribution is -1.94.